The fourth-order valence-corrected chi connectivity index (χ4v) is 3.02. The summed E-state index contributed by atoms with van der Waals surface area (Å²) in [5, 5.41) is 1.75. The molecule has 0 fully saturated rings. The maximum atomic E-state index is 11.3. The first kappa shape index (κ1) is 13.8. The fraction of sp³-hybridized carbons (Fsp3) is 0.111. The van der Waals surface area contributed by atoms with Gasteiger partial charge in [0.1, 0.15) is 5.03 Å². The van der Waals surface area contributed by atoms with Crippen LogP contribution in [-0.4, -0.2) is 11.3 Å². The molecule has 104 valence electrons. The van der Waals surface area contributed by atoms with Gasteiger partial charge in [0.2, 0.25) is 0 Å². The van der Waals surface area contributed by atoms with Crippen LogP contribution in [0.3, 0.4) is 0 Å². The number of aldehydes is 1. The number of carbonyl (C=O) groups excluding carboxylic acids is 1. The van der Waals surface area contributed by atoms with Crippen LogP contribution in [0.25, 0.3) is 10.9 Å². The topological polar surface area (TPSA) is 30.0 Å². The van der Waals surface area contributed by atoms with Crippen LogP contribution < -0.4 is 0 Å². The van der Waals surface area contributed by atoms with Gasteiger partial charge in [0.05, 0.1) is 5.52 Å². The van der Waals surface area contributed by atoms with Crippen LogP contribution in [-0.2, 0) is 0 Å². The molecule has 1 heterocycles. The van der Waals surface area contributed by atoms with E-state index in [0.29, 0.717) is 5.56 Å². The monoisotopic (exact) mass is 293 g/mol. The molecule has 3 heteroatoms. The van der Waals surface area contributed by atoms with Crippen LogP contribution in [0.2, 0.25) is 0 Å². The predicted molar refractivity (Wildman–Crippen MR) is 87.2 cm³/mol. The Morgan fingerprint density at radius 1 is 0.952 bits per heavy atom. The van der Waals surface area contributed by atoms with Crippen LogP contribution in [0.4, 0.5) is 0 Å². The van der Waals surface area contributed by atoms with Crippen molar-refractivity contribution >= 4 is 29.0 Å². The molecule has 1 aromatic heterocycles. The van der Waals surface area contributed by atoms with E-state index in [-0.39, 0.29) is 0 Å². The summed E-state index contributed by atoms with van der Waals surface area (Å²) in [7, 11) is 0. The Balaban J connectivity index is 2.07. The number of fused-ring (bicyclic) bond motifs is 1. The molecule has 0 saturated heterocycles. The zero-order valence-electron chi connectivity index (χ0n) is 12.0. The third-order valence-electron chi connectivity index (χ3n) is 3.33. The van der Waals surface area contributed by atoms with Gasteiger partial charge in [0.15, 0.2) is 6.29 Å². The Morgan fingerprint density at radius 3 is 2.38 bits per heavy atom. The van der Waals surface area contributed by atoms with Gasteiger partial charge in [-0.1, -0.05) is 41.6 Å². The first-order chi connectivity index (χ1) is 10.2. The van der Waals surface area contributed by atoms with Crippen LogP contribution in [0.15, 0.2) is 58.5 Å². The molecular formula is C18H15NOS. The van der Waals surface area contributed by atoms with Crippen molar-refractivity contribution in [1.29, 1.82) is 0 Å². The van der Waals surface area contributed by atoms with Crippen molar-refractivity contribution < 1.29 is 4.79 Å². The average molecular weight is 293 g/mol. The highest BCUT2D eigenvalue weighted by Crippen LogP contribution is 2.30. The minimum Gasteiger partial charge on any atom is -0.298 e. The van der Waals surface area contributed by atoms with E-state index in [1.165, 1.54) is 22.9 Å². The van der Waals surface area contributed by atoms with Gasteiger partial charge in [-0.3, -0.25) is 4.79 Å². The van der Waals surface area contributed by atoms with E-state index < -0.39 is 0 Å². The smallest absolute Gasteiger partial charge is 0.152 e. The number of nitrogens with zero attached hydrogens (tertiary/aromatic N) is 1. The lowest BCUT2D eigenvalue weighted by atomic mass is 10.1. The van der Waals surface area contributed by atoms with Crippen molar-refractivity contribution in [2.24, 2.45) is 0 Å². The van der Waals surface area contributed by atoms with Crippen LogP contribution >= 0.6 is 11.8 Å². The van der Waals surface area contributed by atoms with Gasteiger partial charge in [0, 0.05) is 15.8 Å². The zero-order valence-corrected chi connectivity index (χ0v) is 12.8. The van der Waals surface area contributed by atoms with E-state index >= 15 is 0 Å². The van der Waals surface area contributed by atoms with E-state index in [9.17, 15) is 4.79 Å². The predicted octanol–water partition coefficient (Wildman–Crippen LogP) is 4.82. The van der Waals surface area contributed by atoms with E-state index in [4.69, 9.17) is 0 Å². The van der Waals surface area contributed by atoms with Gasteiger partial charge in [-0.05, 0) is 43.7 Å². The second-order valence-electron chi connectivity index (χ2n) is 5.11. The van der Waals surface area contributed by atoms with Crippen LogP contribution in [0.1, 0.15) is 21.5 Å². The molecular weight excluding hydrogens is 278 g/mol. The Hall–Kier alpha value is -2.13. The first-order valence-electron chi connectivity index (χ1n) is 6.77. The number of hydrogen-bond acceptors (Lipinski definition) is 3. The molecule has 3 rings (SSSR count). The third-order valence-corrected chi connectivity index (χ3v) is 4.36. The molecule has 0 bridgehead atoms. The number of carbonyl (C=O) groups is 1. The van der Waals surface area contributed by atoms with Crippen molar-refractivity contribution in [3.8, 4) is 0 Å². The lowest BCUT2D eigenvalue weighted by molar-refractivity contribution is 0.112. The van der Waals surface area contributed by atoms with E-state index in [0.717, 1.165) is 27.1 Å². The molecule has 0 amide bonds. The molecule has 0 aliphatic heterocycles. The molecule has 21 heavy (non-hydrogen) atoms. The van der Waals surface area contributed by atoms with Gasteiger partial charge in [-0.2, -0.15) is 0 Å². The molecule has 0 N–H and O–H groups in total. The molecule has 0 atom stereocenters. The minimum atomic E-state index is 0.636. The van der Waals surface area contributed by atoms with E-state index in [1.807, 2.05) is 31.2 Å². The highest BCUT2D eigenvalue weighted by Gasteiger charge is 2.08. The summed E-state index contributed by atoms with van der Waals surface area (Å²) in [4.78, 5) is 17.1. The Kier molecular flexibility index (Phi) is 3.76. The average Bonchev–Trinajstić information content (AvgIpc) is 2.49. The Morgan fingerprint density at radius 2 is 1.67 bits per heavy atom. The number of aryl methyl sites for hydroxylation is 2. The number of rotatable bonds is 3. The van der Waals surface area contributed by atoms with Gasteiger partial charge in [-0.15, -0.1) is 0 Å². The molecule has 2 aromatic carbocycles. The van der Waals surface area contributed by atoms with Crippen molar-refractivity contribution in [1.82, 2.24) is 4.98 Å². The fourth-order valence-electron chi connectivity index (χ4n) is 2.16. The second-order valence-corrected chi connectivity index (χ2v) is 6.17. The number of hydrogen-bond donors (Lipinski definition) is 0. The molecule has 0 saturated carbocycles. The Bertz CT molecular complexity index is 809. The van der Waals surface area contributed by atoms with Crippen molar-refractivity contribution in [3.63, 3.8) is 0 Å². The molecule has 0 aliphatic rings. The van der Waals surface area contributed by atoms with Crippen molar-refractivity contribution in [3.05, 3.63) is 65.2 Å². The lowest BCUT2D eigenvalue weighted by Crippen LogP contribution is -1.92. The SMILES string of the molecule is Cc1ccc(Sc2nc3cc(C)ccc3cc2C=O)cc1. The van der Waals surface area contributed by atoms with Crippen molar-refractivity contribution in [2.45, 2.75) is 23.8 Å². The van der Waals surface area contributed by atoms with Gasteiger partial charge in [0.25, 0.3) is 0 Å². The summed E-state index contributed by atoms with van der Waals surface area (Å²) in [5.74, 6) is 0. The molecule has 0 unspecified atom stereocenters. The summed E-state index contributed by atoms with van der Waals surface area (Å²) in [5.41, 5.74) is 3.95. The number of pyridine rings is 1. The molecule has 0 aliphatic carbocycles. The quantitative estimate of drug-likeness (QED) is 0.649. The molecule has 0 spiro atoms. The molecule has 0 radical (unpaired) electrons. The second kappa shape index (κ2) is 5.70. The summed E-state index contributed by atoms with van der Waals surface area (Å²) >= 11 is 1.53. The van der Waals surface area contributed by atoms with E-state index in [2.05, 4.69) is 36.2 Å². The van der Waals surface area contributed by atoms with Crippen molar-refractivity contribution in [2.75, 3.05) is 0 Å². The Labute approximate surface area is 128 Å². The zero-order chi connectivity index (χ0) is 14.8. The third kappa shape index (κ3) is 2.98. The molecule has 2 nitrogen and oxygen atoms in total. The summed E-state index contributed by atoms with van der Waals surface area (Å²) in [6.45, 7) is 4.10. The lowest BCUT2D eigenvalue weighted by Gasteiger charge is -2.07. The van der Waals surface area contributed by atoms with Gasteiger partial charge < -0.3 is 0 Å². The highest BCUT2D eigenvalue weighted by atomic mass is 32.2. The highest BCUT2D eigenvalue weighted by molar-refractivity contribution is 7.99. The van der Waals surface area contributed by atoms with Crippen LogP contribution in [0, 0.1) is 13.8 Å². The number of benzene rings is 2. The normalized spacial score (nSPS) is 10.8. The van der Waals surface area contributed by atoms with E-state index in [1.54, 1.807) is 0 Å². The largest absolute Gasteiger partial charge is 0.298 e. The summed E-state index contributed by atoms with van der Waals surface area (Å²) < 4.78 is 0. The first-order valence-corrected chi connectivity index (χ1v) is 7.58. The van der Waals surface area contributed by atoms with Gasteiger partial charge >= 0.3 is 0 Å². The number of aromatic nitrogens is 1. The molecule has 3 aromatic rings. The maximum Gasteiger partial charge on any atom is 0.152 e. The minimum absolute atomic E-state index is 0.636. The summed E-state index contributed by atoms with van der Waals surface area (Å²) in [6, 6.07) is 16.2. The van der Waals surface area contributed by atoms with Gasteiger partial charge in [-0.25, -0.2) is 4.98 Å². The maximum absolute atomic E-state index is 11.3. The van der Waals surface area contributed by atoms with Crippen LogP contribution in [0.5, 0.6) is 0 Å². The summed E-state index contributed by atoms with van der Waals surface area (Å²) in [6.07, 6.45) is 0.878. The standard InChI is InChI=1S/C18H15NOS/c1-12-4-7-16(8-5-12)21-18-15(11-20)10-14-6-3-13(2)9-17(14)19-18/h3-11H,1-2H3.